The van der Waals surface area contributed by atoms with E-state index in [1.165, 1.54) is 23.5 Å². The largest absolute Gasteiger partial charge is 0.495 e. The Balaban J connectivity index is 1.34. The zero-order valence-corrected chi connectivity index (χ0v) is 16.5. The third kappa shape index (κ3) is 4.43. The van der Waals surface area contributed by atoms with Crippen LogP contribution < -0.4 is 15.4 Å². The molecule has 0 saturated carbocycles. The van der Waals surface area contributed by atoms with Crippen molar-refractivity contribution in [2.45, 2.75) is 25.4 Å². The van der Waals surface area contributed by atoms with Crippen molar-refractivity contribution in [1.82, 2.24) is 25.3 Å². The Hall–Kier alpha value is -3.26. The first-order valence-corrected chi connectivity index (χ1v) is 9.48. The number of halogens is 1. The fraction of sp³-hybridized carbons (Fsp3) is 0.250. The number of hydrogen-bond donors (Lipinski definition) is 2. The van der Waals surface area contributed by atoms with Crippen molar-refractivity contribution in [3.63, 3.8) is 0 Å². The molecule has 0 saturated heterocycles. The molecule has 1 aliphatic carbocycles. The van der Waals surface area contributed by atoms with Gasteiger partial charge in [-0.05, 0) is 42.2 Å². The molecule has 1 aliphatic rings. The molecule has 148 valence electrons. The van der Waals surface area contributed by atoms with Gasteiger partial charge in [-0.15, -0.1) is 0 Å². The second-order valence-corrected chi connectivity index (χ2v) is 7.06. The van der Waals surface area contributed by atoms with E-state index in [9.17, 15) is 4.79 Å². The van der Waals surface area contributed by atoms with Crippen molar-refractivity contribution in [2.24, 2.45) is 0 Å². The highest BCUT2D eigenvalue weighted by molar-refractivity contribution is 6.32. The molecule has 29 heavy (non-hydrogen) atoms. The Morgan fingerprint density at radius 1 is 1.14 bits per heavy atom. The van der Waals surface area contributed by atoms with E-state index >= 15 is 0 Å². The van der Waals surface area contributed by atoms with Crippen molar-refractivity contribution in [2.75, 3.05) is 12.4 Å². The summed E-state index contributed by atoms with van der Waals surface area (Å²) in [5.74, 6) is 1.42. The van der Waals surface area contributed by atoms with Crippen LogP contribution in [0.5, 0.6) is 5.75 Å². The summed E-state index contributed by atoms with van der Waals surface area (Å²) < 4.78 is 5.28. The highest BCUT2D eigenvalue weighted by atomic mass is 35.5. The Bertz CT molecular complexity index is 1010. The molecular formula is C20H19ClN6O2. The summed E-state index contributed by atoms with van der Waals surface area (Å²) >= 11 is 6.21. The summed E-state index contributed by atoms with van der Waals surface area (Å²) in [6.07, 6.45) is 7.90. The predicted molar refractivity (Wildman–Crippen MR) is 108 cm³/mol. The fourth-order valence-electron chi connectivity index (χ4n) is 3.26. The number of carbonyl (C=O) groups is 1. The van der Waals surface area contributed by atoms with Crippen molar-refractivity contribution < 1.29 is 9.53 Å². The van der Waals surface area contributed by atoms with E-state index in [0.717, 1.165) is 12.8 Å². The standard InChI is InChI=1S/C20H19ClN6O2/c1-29-17-8-13-6-15(5-12(13)7-16(17)21)27-20-25-9-14(10-26-20)19(28)24-11-18-22-3-2-4-23-18/h2-4,7-10,15H,5-6,11H2,1H3,(H,24,28)(H,25,26,27). The van der Waals surface area contributed by atoms with Crippen LogP contribution in [0.1, 0.15) is 27.3 Å². The molecule has 2 aromatic heterocycles. The van der Waals surface area contributed by atoms with Gasteiger partial charge < -0.3 is 15.4 Å². The molecule has 0 bridgehead atoms. The molecule has 1 unspecified atom stereocenters. The quantitative estimate of drug-likeness (QED) is 0.643. The van der Waals surface area contributed by atoms with Crippen LogP contribution in [-0.2, 0) is 19.4 Å². The van der Waals surface area contributed by atoms with Gasteiger partial charge in [-0.2, -0.15) is 0 Å². The van der Waals surface area contributed by atoms with Crippen LogP contribution in [-0.4, -0.2) is 39.0 Å². The lowest BCUT2D eigenvalue weighted by molar-refractivity contribution is 0.0949. The first-order valence-electron chi connectivity index (χ1n) is 9.10. The van der Waals surface area contributed by atoms with Crippen LogP contribution in [0.3, 0.4) is 0 Å². The van der Waals surface area contributed by atoms with Gasteiger partial charge in [0.15, 0.2) is 0 Å². The van der Waals surface area contributed by atoms with Crippen LogP contribution in [0.2, 0.25) is 5.02 Å². The highest BCUT2D eigenvalue weighted by Crippen LogP contribution is 2.33. The lowest BCUT2D eigenvalue weighted by Gasteiger charge is -2.11. The first kappa shape index (κ1) is 19.1. The van der Waals surface area contributed by atoms with E-state index < -0.39 is 0 Å². The Morgan fingerprint density at radius 3 is 2.52 bits per heavy atom. The second kappa shape index (κ2) is 8.40. The zero-order chi connectivity index (χ0) is 20.2. The number of aromatic nitrogens is 4. The van der Waals surface area contributed by atoms with Crippen LogP contribution in [0.4, 0.5) is 5.95 Å². The third-order valence-corrected chi connectivity index (χ3v) is 4.98. The van der Waals surface area contributed by atoms with Gasteiger partial charge in [-0.1, -0.05) is 11.6 Å². The number of amides is 1. The number of rotatable bonds is 6. The van der Waals surface area contributed by atoms with Crippen LogP contribution in [0, 0.1) is 0 Å². The number of nitrogens with zero attached hydrogens (tertiary/aromatic N) is 4. The summed E-state index contributed by atoms with van der Waals surface area (Å²) in [4.78, 5) is 28.9. The van der Waals surface area contributed by atoms with Crippen LogP contribution >= 0.6 is 11.6 Å². The lowest BCUT2D eigenvalue weighted by Crippen LogP contribution is -2.25. The van der Waals surface area contributed by atoms with Gasteiger partial charge in [0.25, 0.3) is 5.91 Å². The van der Waals surface area contributed by atoms with Gasteiger partial charge in [0.1, 0.15) is 11.6 Å². The number of methoxy groups -OCH3 is 1. The van der Waals surface area contributed by atoms with E-state index in [2.05, 4.69) is 30.6 Å². The number of anilines is 1. The molecule has 0 spiro atoms. The first-order chi connectivity index (χ1) is 14.1. The minimum absolute atomic E-state index is 0.156. The van der Waals surface area contributed by atoms with E-state index in [1.54, 1.807) is 25.6 Å². The molecule has 0 aliphatic heterocycles. The maximum atomic E-state index is 12.2. The molecule has 0 radical (unpaired) electrons. The predicted octanol–water partition coefficient (Wildman–Crippen LogP) is 2.44. The molecule has 1 aromatic carbocycles. The molecule has 2 N–H and O–H groups in total. The topological polar surface area (TPSA) is 102 Å². The number of hydrogen-bond acceptors (Lipinski definition) is 7. The molecule has 9 heteroatoms. The van der Waals surface area contributed by atoms with Crippen molar-refractivity contribution in [1.29, 1.82) is 0 Å². The Morgan fingerprint density at radius 2 is 1.83 bits per heavy atom. The van der Waals surface area contributed by atoms with Gasteiger partial charge in [0.2, 0.25) is 5.95 Å². The summed E-state index contributed by atoms with van der Waals surface area (Å²) in [7, 11) is 1.61. The van der Waals surface area contributed by atoms with Gasteiger partial charge in [0.05, 0.1) is 24.2 Å². The van der Waals surface area contributed by atoms with Crippen molar-refractivity contribution in [3.05, 3.63) is 70.5 Å². The molecule has 2 heterocycles. The van der Waals surface area contributed by atoms with E-state index in [-0.39, 0.29) is 18.5 Å². The maximum Gasteiger partial charge on any atom is 0.254 e. The van der Waals surface area contributed by atoms with Gasteiger partial charge in [-0.3, -0.25) is 4.79 Å². The molecule has 4 rings (SSSR count). The minimum Gasteiger partial charge on any atom is -0.495 e. The van der Waals surface area contributed by atoms with Gasteiger partial charge >= 0.3 is 0 Å². The smallest absolute Gasteiger partial charge is 0.254 e. The summed E-state index contributed by atoms with van der Waals surface area (Å²) in [6, 6.07) is 5.80. The van der Waals surface area contributed by atoms with E-state index in [0.29, 0.717) is 28.1 Å². The maximum absolute atomic E-state index is 12.2. The average Bonchev–Trinajstić information content (AvgIpc) is 3.13. The van der Waals surface area contributed by atoms with Crippen molar-refractivity contribution in [3.8, 4) is 5.75 Å². The third-order valence-electron chi connectivity index (χ3n) is 4.68. The molecule has 1 amide bonds. The molecular weight excluding hydrogens is 392 g/mol. The minimum atomic E-state index is -0.279. The van der Waals surface area contributed by atoms with Crippen LogP contribution in [0.15, 0.2) is 43.0 Å². The second-order valence-electron chi connectivity index (χ2n) is 6.65. The average molecular weight is 411 g/mol. The highest BCUT2D eigenvalue weighted by Gasteiger charge is 2.24. The number of ether oxygens (including phenoxy) is 1. The monoisotopic (exact) mass is 410 g/mol. The van der Waals surface area contributed by atoms with Crippen LogP contribution in [0.25, 0.3) is 0 Å². The Kier molecular flexibility index (Phi) is 5.53. The Labute approximate surface area is 172 Å². The molecule has 3 aromatic rings. The fourth-order valence-corrected chi connectivity index (χ4v) is 3.53. The number of nitrogens with one attached hydrogen (secondary N) is 2. The molecule has 1 atom stereocenters. The number of benzene rings is 1. The van der Waals surface area contributed by atoms with Crippen molar-refractivity contribution >= 4 is 23.5 Å². The normalized spacial score (nSPS) is 14.9. The lowest BCUT2D eigenvalue weighted by atomic mass is 10.1. The summed E-state index contributed by atoms with van der Waals surface area (Å²) in [5.41, 5.74) is 2.76. The summed E-state index contributed by atoms with van der Waals surface area (Å²) in [6.45, 7) is 0.242. The molecule has 0 fully saturated rings. The SMILES string of the molecule is COc1cc2c(cc1Cl)CC(Nc1ncc(C(=O)NCc3ncccn3)cn1)C2. The molecule has 8 nitrogen and oxygen atoms in total. The number of carbonyl (C=O) groups excluding carboxylic acids is 1. The van der Waals surface area contributed by atoms with E-state index in [4.69, 9.17) is 16.3 Å². The van der Waals surface area contributed by atoms with E-state index in [1.807, 2.05) is 12.1 Å². The van der Waals surface area contributed by atoms with Gasteiger partial charge in [-0.25, -0.2) is 19.9 Å². The number of fused-ring (bicyclic) bond motifs is 1. The zero-order valence-electron chi connectivity index (χ0n) is 15.7. The van der Waals surface area contributed by atoms with Gasteiger partial charge in [0, 0.05) is 30.8 Å². The summed E-state index contributed by atoms with van der Waals surface area (Å²) in [5, 5.41) is 6.67.